The standard InChI is InChI=1S/C21H20ClF3IN7O3/c22-16(26)6-10-33-12-17(30-18(33)19(34)28-7-1-9-32-11-8-27-13-32)31-20(35)29-14-2-4-15(5-3-14)36-21(23,24)25/h2-6,8,11-13H,1,7,9-10H2,(H,28,34)(H2,29,31,35)/b16-6-. The Morgan fingerprint density at radius 1 is 1.19 bits per heavy atom. The molecule has 3 aromatic rings. The van der Waals surface area contributed by atoms with E-state index in [2.05, 4.69) is 30.7 Å². The fourth-order valence-electron chi connectivity index (χ4n) is 2.94. The molecule has 36 heavy (non-hydrogen) atoms. The molecule has 0 saturated carbocycles. The molecule has 10 nitrogen and oxygen atoms in total. The number of benzene rings is 1. The molecule has 0 aliphatic carbocycles. The van der Waals surface area contributed by atoms with Crippen LogP contribution in [0.2, 0.25) is 0 Å². The van der Waals surface area contributed by atoms with Gasteiger partial charge in [-0.3, -0.25) is 10.1 Å². The van der Waals surface area contributed by atoms with Crippen LogP contribution >= 0.6 is 34.2 Å². The number of carbonyl (C=O) groups is 2. The molecule has 0 saturated heterocycles. The minimum atomic E-state index is -4.81. The van der Waals surface area contributed by atoms with Crippen LogP contribution in [0, 0.1) is 0 Å². The lowest BCUT2D eigenvalue weighted by Gasteiger charge is -2.10. The minimum Gasteiger partial charge on any atom is -0.406 e. The summed E-state index contributed by atoms with van der Waals surface area (Å²) in [6.07, 6.45) is 4.16. The predicted octanol–water partition coefficient (Wildman–Crippen LogP) is 4.96. The summed E-state index contributed by atoms with van der Waals surface area (Å²) in [5.41, 5.74) is 0.219. The lowest BCUT2D eigenvalue weighted by molar-refractivity contribution is -0.274. The molecule has 0 fully saturated rings. The van der Waals surface area contributed by atoms with Crippen LogP contribution in [0.4, 0.5) is 29.5 Å². The molecule has 3 N–H and O–H groups in total. The van der Waals surface area contributed by atoms with Gasteiger partial charge < -0.3 is 24.5 Å². The zero-order chi connectivity index (χ0) is 26.1. The predicted molar refractivity (Wildman–Crippen MR) is 135 cm³/mol. The van der Waals surface area contributed by atoms with E-state index < -0.39 is 24.1 Å². The lowest BCUT2D eigenvalue weighted by atomic mass is 10.3. The van der Waals surface area contributed by atoms with Crippen LogP contribution in [0.1, 0.15) is 17.0 Å². The van der Waals surface area contributed by atoms with E-state index in [0.29, 0.717) is 22.5 Å². The van der Waals surface area contributed by atoms with E-state index in [9.17, 15) is 22.8 Å². The minimum absolute atomic E-state index is 0.0622. The van der Waals surface area contributed by atoms with Gasteiger partial charge in [0.05, 0.1) is 9.37 Å². The second-order valence-electron chi connectivity index (χ2n) is 7.16. The van der Waals surface area contributed by atoms with Gasteiger partial charge in [0, 0.05) is 43.9 Å². The van der Waals surface area contributed by atoms with Gasteiger partial charge in [-0.25, -0.2) is 14.8 Å². The van der Waals surface area contributed by atoms with Crippen molar-refractivity contribution in [1.29, 1.82) is 0 Å². The first kappa shape index (κ1) is 27.3. The third-order valence-corrected chi connectivity index (χ3v) is 5.04. The topological polar surface area (TPSA) is 115 Å². The number of carbonyl (C=O) groups excluding carboxylic acids is 2. The van der Waals surface area contributed by atoms with Gasteiger partial charge in [-0.05, 0) is 59.4 Å². The van der Waals surface area contributed by atoms with E-state index in [1.54, 1.807) is 18.6 Å². The summed E-state index contributed by atoms with van der Waals surface area (Å²) in [5.74, 6) is -0.708. The van der Waals surface area contributed by atoms with Crippen LogP contribution in [0.25, 0.3) is 0 Å². The van der Waals surface area contributed by atoms with E-state index in [-0.39, 0.29) is 23.9 Å². The number of hydrogen-bond donors (Lipinski definition) is 3. The molecule has 0 atom stereocenters. The number of nitrogens with one attached hydrogen (secondary N) is 3. The Balaban J connectivity index is 1.60. The Labute approximate surface area is 222 Å². The summed E-state index contributed by atoms with van der Waals surface area (Å²) >= 11 is 7.81. The summed E-state index contributed by atoms with van der Waals surface area (Å²) in [6.45, 7) is 1.30. The van der Waals surface area contributed by atoms with Crippen molar-refractivity contribution in [2.75, 3.05) is 17.2 Å². The molecule has 0 spiro atoms. The van der Waals surface area contributed by atoms with Gasteiger partial charge in [0.25, 0.3) is 5.91 Å². The van der Waals surface area contributed by atoms with E-state index in [4.69, 9.17) is 11.6 Å². The number of alkyl halides is 3. The number of allylic oxidation sites excluding steroid dienone is 1. The maximum absolute atomic E-state index is 12.7. The van der Waals surface area contributed by atoms with Gasteiger partial charge in [0.1, 0.15) is 5.75 Å². The SMILES string of the molecule is O=C(Nc1ccc(OC(F)(F)F)cc1)Nc1cn(C/C=C(/Cl)I)c(C(=O)NCCCn2ccnc2)n1. The number of imidazole rings is 2. The molecule has 0 unspecified atom stereocenters. The number of amides is 3. The maximum atomic E-state index is 12.7. The molecular formula is C21H20ClF3IN7O3. The van der Waals surface area contributed by atoms with Crippen molar-refractivity contribution in [3.63, 3.8) is 0 Å². The van der Waals surface area contributed by atoms with E-state index in [1.807, 2.05) is 33.4 Å². The fourth-order valence-corrected chi connectivity index (χ4v) is 3.21. The molecule has 2 heterocycles. The second kappa shape index (κ2) is 12.6. The number of anilines is 2. The van der Waals surface area contributed by atoms with Crippen LogP contribution in [0.3, 0.4) is 0 Å². The van der Waals surface area contributed by atoms with Crippen LogP contribution < -0.4 is 20.7 Å². The number of ether oxygens (including phenoxy) is 1. The molecular weight excluding hydrogens is 618 g/mol. The highest BCUT2D eigenvalue weighted by Gasteiger charge is 2.31. The number of rotatable bonds is 10. The van der Waals surface area contributed by atoms with Gasteiger partial charge in [-0.15, -0.1) is 13.2 Å². The van der Waals surface area contributed by atoms with Crippen molar-refractivity contribution in [2.24, 2.45) is 0 Å². The number of aryl methyl sites for hydroxylation is 1. The molecule has 192 valence electrons. The molecule has 15 heteroatoms. The van der Waals surface area contributed by atoms with Gasteiger partial charge >= 0.3 is 12.4 Å². The molecule has 0 radical (unpaired) electrons. The number of nitrogens with zero attached hydrogens (tertiary/aromatic N) is 4. The fraction of sp³-hybridized carbons (Fsp3) is 0.238. The summed E-state index contributed by atoms with van der Waals surface area (Å²) < 4.78 is 44.5. The molecule has 0 bridgehead atoms. The van der Waals surface area contributed by atoms with E-state index in [1.165, 1.54) is 22.9 Å². The van der Waals surface area contributed by atoms with Crippen LogP contribution in [-0.4, -0.2) is 43.9 Å². The molecule has 3 amide bonds. The van der Waals surface area contributed by atoms with Crippen LogP contribution in [0.15, 0.2) is 58.3 Å². The first-order valence-corrected chi connectivity index (χ1v) is 11.8. The molecule has 1 aromatic carbocycles. The van der Waals surface area contributed by atoms with Gasteiger partial charge in [-0.2, -0.15) is 0 Å². The smallest absolute Gasteiger partial charge is 0.406 e. The zero-order valence-electron chi connectivity index (χ0n) is 18.4. The average Bonchev–Trinajstić information content (AvgIpc) is 3.45. The zero-order valence-corrected chi connectivity index (χ0v) is 21.3. The molecule has 3 rings (SSSR count). The third kappa shape index (κ3) is 9.07. The Kier molecular flexibility index (Phi) is 9.58. The van der Waals surface area contributed by atoms with Crippen molar-refractivity contribution >= 4 is 57.6 Å². The van der Waals surface area contributed by atoms with Crippen molar-refractivity contribution in [2.45, 2.75) is 25.9 Å². The normalized spacial score (nSPS) is 11.8. The highest BCUT2D eigenvalue weighted by Crippen LogP contribution is 2.24. The summed E-state index contributed by atoms with van der Waals surface area (Å²) in [6, 6.07) is 3.91. The quantitative estimate of drug-likeness (QED) is 0.215. The number of urea groups is 1. The number of aromatic nitrogens is 4. The monoisotopic (exact) mass is 637 g/mol. The molecule has 0 aliphatic heterocycles. The highest BCUT2D eigenvalue weighted by molar-refractivity contribution is 14.1. The van der Waals surface area contributed by atoms with Gasteiger partial charge in [0.15, 0.2) is 5.82 Å². The Hall–Kier alpha value is -3.27. The second-order valence-corrected chi connectivity index (χ2v) is 9.36. The lowest BCUT2D eigenvalue weighted by Crippen LogP contribution is -2.28. The van der Waals surface area contributed by atoms with E-state index >= 15 is 0 Å². The van der Waals surface area contributed by atoms with Crippen molar-refractivity contribution in [3.8, 4) is 5.75 Å². The van der Waals surface area contributed by atoms with Gasteiger partial charge in [0.2, 0.25) is 5.82 Å². The molecule has 0 aliphatic rings. The first-order valence-electron chi connectivity index (χ1n) is 10.3. The van der Waals surface area contributed by atoms with Crippen molar-refractivity contribution < 1.29 is 27.5 Å². The molecule has 2 aromatic heterocycles. The van der Waals surface area contributed by atoms with Crippen molar-refractivity contribution in [1.82, 2.24) is 24.4 Å². The van der Waals surface area contributed by atoms with Gasteiger partial charge in [-0.1, -0.05) is 11.6 Å². The Bertz CT molecular complexity index is 1190. The van der Waals surface area contributed by atoms with Crippen molar-refractivity contribution in [3.05, 3.63) is 64.1 Å². The number of halogens is 5. The highest BCUT2D eigenvalue weighted by atomic mass is 127. The summed E-state index contributed by atoms with van der Waals surface area (Å²) in [4.78, 5) is 33.2. The van der Waals surface area contributed by atoms with Crippen LogP contribution in [-0.2, 0) is 13.1 Å². The first-order chi connectivity index (χ1) is 17.1. The van der Waals surface area contributed by atoms with E-state index in [0.717, 1.165) is 12.1 Å². The maximum Gasteiger partial charge on any atom is 0.573 e. The number of hydrogen-bond acceptors (Lipinski definition) is 5. The Morgan fingerprint density at radius 3 is 2.58 bits per heavy atom. The average molecular weight is 638 g/mol. The summed E-state index contributed by atoms with van der Waals surface area (Å²) in [5, 5.41) is 7.74. The third-order valence-electron chi connectivity index (χ3n) is 4.45. The summed E-state index contributed by atoms with van der Waals surface area (Å²) in [7, 11) is 0. The van der Waals surface area contributed by atoms with Crippen LogP contribution in [0.5, 0.6) is 5.75 Å². The largest absolute Gasteiger partial charge is 0.573 e. The Morgan fingerprint density at radius 2 is 1.94 bits per heavy atom.